The van der Waals surface area contributed by atoms with Crippen LogP contribution in [0, 0.1) is 0 Å². The molecule has 0 aromatic rings. The van der Waals surface area contributed by atoms with Crippen molar-refractivity contribution >= 4 is 7.37 Å². The van der Waals surface area contributed by atoms with Gasteiger partial charge in [0.15, 0.2) is 0 Å². The predicted molar refractivity (Wildman–Crippen MR) is 72.6 cm³/mol. The Labute approximate surface area is 102 Å². The minimum atomic E-state index is -2.29. The van der Waals surface area contributed by atoms with Gasteiger partial charge >= 0.3 is 0 Å². The van der Waals surface area contributed by atoms with Crippen molar-refractivity contribution < 1.29 is 9.09 Å². The molecule has 0 spiro atoms. The van der Waals surface area contributed by atoms with Gasteiger partial charge in [0.2, 0.25) is 7.37 Å². The SMILES string of the molecule is CCCCCOP(=O)(CCCC)CCCC. The van der Waals surface area contributed by atoms with Crippen LogP contribution in [0.15, 0.2) is 0 Å². The van der Waals surface area contributed by atoms with E-state index in [1.54, 1.807) is 0 Å². The van der Waals surface area contributed by atoms with Gasteiger partial charge < -0.3 is 4.52 Å². The molecule has 98 valence electrons. The summed E-state index contributed by atoms with van der Waals surface area (Å²) in [6.07, 6.45) is 9.29. The second kappa shape index (κ2) is 10.4. The molecule has 0 aliphatic heterocycles. The maximum absolute atomic E-state index is 12.5. The van der Waals surface area contributed by atoms with Crippen molar-refractivity contribution in [1.82, 2.24) is 0 Å². The molecule has 0 radical (unpaired) electrons. The zero-order chi connectivity index (χ0) is 12.3. The van der Waals surface area contributed by atoms with Gasteiger partial charge in [0.1, 0.15) is 0 Å². The average molecular weight is 248 g/mol. The van der Waals surface area contributed by atoms with Gasteiger partial charge in [-0.25, -0.2) is 0 Å². The third-order valence-corrected chi connectivity index (χ3v) is 5.43. The van der Waals surface area contributed by atoms with Crippen LogP contribution in [0.5, 0.6) is 0 Å². The summed E-state index contributed by atoms with van der Waals surface area (Å²) in [5.41, 5.74) is 0. The largest absolute Gasteiger partial charge is 0.328 e. The van der Waals surface area contributed by atoms with E-state index in [-0.39, 0.29) is 0 Å². The fourth-order valence-corrected chi connectivity index (χ4v) is 4.16. The van der Waals surface area contributed by atoms with E-state index in [9.17, 15) is 4.57 Å². The van der Waals surface area contributed by atoms with Gasteiger partial charge in [-0.15, -0.1) is 0 Å². The van der Waals surface area contributed by atoms with Crippen LogP contribution in [0.3, 0.4) is 0 Å². The first-order valence-electron chi connectivity index (χ1n) is 6.91. The molecule has 0 fully saturated rings. The highest BCUT2D eigenvalue weighted by Gasteiger charge is 2.21. The summed E-state index contributed by atoms with van der Waals surface area (Å²) >= 11 is 0. The van der Waals surface area contributed by atoms with Crippen LogP contribution in [-0.4, -0.2) is 18.9 Å². The molecular formula is C13H29O2P. The van der Waals surface area contributed by atoms with Crippen LogP contribution in [-0.2, 0) is 9.09 Å². The van der Waals surface area contributed by atoms with Crippen molar-refractivity contribution in [2.24, 2.45) is 0 Å². The Morgan fingerprint density at radius 2 is 1.31 bits per heavy atom. The lowest BCUT2D eigenvalue weighted by Crippen LogP contribution is -2.02. The summed E-state index contributed by atoms with van der Waals surface area (Å²) in [7, 11) is -2.29. The molecule has 0 saturated heterocycles. The molecule has 0 aromatic carbocycles. The van der Waals surface area contributed by atoms with Crippen molar-refractivity contribution in [2.75, 3.05) is 18.9 Å². The number of unbranched alkanes of at least 4 members (excludes halogenated alkanes) is 4. The van der Waals surface area contributed by atoms with E-state index in [0.717, 1.165) is 44.4 Å². The van der Waals surface area contributed by atoms with E-state index >= 15 is 0 Å². The standard InChI is InChI=1S/C13H29O2P/c1-4-7-10-11-15-16(14,12-8-5-2)13-9-6-3/h4-13H2,1-3H3. The molecule has 0 aromatic heterocycles. The van der Waals surface area contributed by atoms with E-state index in [0.29, 0.717) is 6.61 Å². The molecule has 0 unspecified atom stereocenters. The van der Waals surface area contributed by atoms with E-state index in [4.69, 9.17) is 4.52 Å². The van der Waals surface area contributed by atoms with Gasteiger partial charge in [-0.3, -0.25) is 4.57 Å². The predicted octanol–water partition coefficient (Wildman–Crippen LogP) is 5.07. The molecule has 0 aliphatic rings. The molecule has 0 saturated carbocycles. The monoisotopic (exact) mass is 248 g/mol. The molecular weight excluding hydrogens is 219 g/mol. The molecule has 0 bridgehead atoms. The summed E-state index contributed by atoms with van der Waals surface area (Å²) in [6.45, 7) is 7.15. The van der Waals surface area contributed by atoms with Crippen molar-refractivity contribution in [1.29, 1.82) is 0 Å². The first kappa shape index (κ1) is 16.2. The summed E-state index contributed by atoms with van der Waals surface area (Å²) in [6, 6.07) is 0. The topological polar surface area (TPSA) is 26.3 Å². The molecule has 0 heterocycles. The second-order valence-electron chi connectivity index (χ2n) is 4.51. The van der Waals surface area contributed by atoms with Gasteiger partial charge in [0.05, 0.1) is 6.61 Å². The second-order valence-corrected chi connectivity index (χ2v) is 7.29. The number of rotatable bonds is 11. The molecule has 0 rings (SSSR count). The number of hydrogen-bond donors (Lipinski definition) is 0. The molecule has 0 atom stereocenters. The van der Waals surface area contributed by atoms with E-state index in [1.165, 1.54) is 12.8 Å². The highest BCUT2D eigenvalue weighted by molar-refractivity contribution is 7.58. The molecule has 0 N–H and O–H groups in total. The van der Waals surface area contributed by atoms with Crippen LogP contribution in [0.4, 0.5) is 0 Å². The fourth-order valence-electron chi connectivity index (χ4n) is 1.62. The molecule has 16 heavy (non-hydrogen) atoms. The normalized spacial score (nSPS) is 11.9. The van der Waals surface area contributed by atoms with Gasteiger partial charge in [-0.2, -0.15) is 0 Å². The van der Waals surface area contributed by atoms with Crippen LogP contribution in [0.2, 0.25) is 0 Å². The lowest BCUT2D eigenvalue weighted by molar-refractivity contribution is 0.301. The first-order chi connectivity index (χ1) is 7.68. The maximum atomic E-state index is 12.5. The molecule has 3 heteroatoms. The van der Waals surface area contributed by atoms with E-state index < -0.39 is 7.37 Å². The third-order valence-electron chi connectivity index (χ3n) is 2.78. The van der Waals surface area contributed by atoms with Crippen LogP contribution in [0.25, 0.3) is 0 Å². The summed E-state index contributed by atoms with van der Waals surface area (Å²) in [5, 5.41) is 0. The lowest BCUT2D eigenvalue weighted by atomic mass is 10.3. The minimum Gasteiger partial charge on any atom is -0.328 e. The van der Waals surface area contributed by atoms with Gasteiger partial charge in [-0.05, 0) is 19.3 Å². The van der Waals surface area contributed by atoms with Crippen molar-refractivity contribution in [3.05, 3.63) is 0 Å². The Kier molecular flexibility index (Phi) is 10.5. The molecule has 2 nitrogen and oxygen atoms in total. The molecule has 0 aliphatic carbocycles. The van der Waals surface area contributed by atoms with Crippen LogP contribution < -0.4 is 0 Å². The smallest absolute Gasteiger partial charge is 0.203 e. The van der Waals surface area contributed by atoms with Gasteiger partial charge in [-0.1, -0.05) is 46.5 Å². The summed E-state index contributed by atoms with van der Waals surface area (Å²) in [5.74, 6) is 0. The maximum Gasteiger partial charge on any atom is 0.203 e. The zero-order valence-electron chi connectivity index (χ0n) is 11.3. The van der Waals surface area contributed by atoms with Gasteiger partial charge in [0.25, 0.3) is 0 Å². The van der Waals surface area contributed by atoms with E-state index in [1.807, 2.05) is 0 Å². The van der Waals surface area contributed by atoms with Crippen LogP contribution >= 0.6 is 7.37 Å². The lowest BCUT2D eigenvalue weighted by Gasteiger charge is -2.18. The summed E-state index contributed by atoms with van der Waals surface area (Å²) < 4.78 is 18.2. The Morgan fingerprint density at radius 3 is 1.75 bits per heavy atom. The quantitative estimate of drug-likeness (QED) is 0.377. The Hall–Kier alpha value is 0.190. The number of hydrogen-bond acceptors (Lipinski definition) is 2. The zero-order valence-corrected chi connectivity index (χ0v) is 12.2. The summed E-state index contributed by atoms with van der Waals surface area (Å²) in [4.78, 5) is 0. The Bertz CT molecular complexity index is 180. The first-order valence-corrected chi connectivity index (χ1v) is 8.90. The minimum absolute atomic E-state index is 0.693. The third kappa shape index (κ3) is 8.35. The Balaban J connectivity index is 3.92. The van der Waals surface area contributed by atoms with Crippen LogP contribution in [0.1, 0.15) is 65.7 Å². The molecule has 0 amide bonds. The highest BCUT2D eigenvalue weighted by atomic mass is 31.2. The average Bonchev–Trinajstić information content (AvgIpc) is 2.30. The van der Waals surface area contributed by atoms with Crippen molar-refractivity contribution in [2.45, 2.75) is 65.7 Å². The highest BCUT2D eigenvalue weighted by Crippen LogP contribution is 2.48. The van der Waals surface area contributed by atoms with Crippen molar-refractivity contribution in [3.63, 3.8) is 0 Å². The van der Waals surface area contributed by atoms with Gasteiger partial charge in [0, 0.05) is 12.3 Å². The fraction of sp³-hybridized carbons (Fsp3) is 1.00. The Morgan fingerprint density at radius 1 is 0.812 bits per heavy atom. The van der Waals surface area contributed by atoms with E-state index in [2.05, 4.69) is 20.8 Å². The van der Waals surface area contributed by atoms with Crippen molar-refractivity contribution in [3.8, 4) is 0 Å².